The van der Waals surface area contributed by atoms with Crippen molar-refractivity contribution in [3.05, 3.63) is 28.2 Å². The monoisotopic (exact) mass is 357 g/mol. The number of halogens is 1. The van der Waals surface area contributed by atoms with Gasteiger partial charge in [-0.05, 0) is 25.1 Å². The van der Waals surface area contributed by atoms with Crippen LogP contribution < -0.4 is 4.74 Å². The van der Waals surface area contributed by atoms with Gasteiger partial charge in [0.15, 0.2) is 0 Å². The van der Waals surface area contributed by atoms with E-state index in [0.717, 1.165) is 10.0 Å². The minimum Gasteiger partial charge on any atom is -0.491 e. The Balaban J connectivity index is 2.68. The molecule has 1 rings (SSSR count). The van der Waals surface area contributed by atoms with Crippen molar-refractivity contribution in [3.63, 3.8) is 0 Å². The maximum atomic E-state index is 11.6. The number of carbonyl (C=O) groups is 2. The molecular formula is C15H20BrNO4. The molecule has 0 aliphatic heterocycles. The highest BCUT2D eigenvalue weighted by atomic mass is 79.9. The third-order valence-corrected chi connectivity index (χ3v) is 3.38. The number of amides is 1. The lowest BCUT2D eigenvalue weighted by Gasteiger charge is -2.16. The fourth-order valence-corrected chi connectivity index (χ4v) is 2.05. The standard InChI is InChI=1S/C15H20BrNO4/c1-4-20-15(19)10-12-9-13(16)5-6-14(12)21-8-7-17(3)11(2)18/h5-6,9H,4,7-8,10H2,1-3H3. The lowest BCUT2D eigenvalue weighted by atomic mass is 10.1. The lowest BCUT2D eigenvalue weighted by molar-refractivity contribution is -0.142. The van der Waals surface area contributed by atoms with Crippen LogP contribution in [0.5, 0.6) is 5.75 Å². The quantitative estimate of drug-likeness (QED) is 0.703. The topological polar surface area (TPSA) is 55.8 Å². The maximum absolute atomic E-state index is 11.6. The minimum absolute atomic E-state index is 0.0128. The van der Waals surface area contributed by atoms with E-state index in [1.54, 1.807) is 24.9 Å². The van der Waals surface area contributed by atoms with E-state index in [1.165, 1.54) is 6.92 Å². The number of likely N-dealkylation sites (N-methyl/N-ethyl adjacent to an activating group) is 1. The Kier molecular flexibility index (Phi) is 7.22. The van der Waals surface area contributed by atoms with Crippen molar-refractivity contribution in [1.82, 2.24) is 4.90 Å². The molecule has 0 aliphatic carbocycles. The fraction of sp³-hybridized carbons (Fsp3) is 0.467. The second-order valence-electron chi connectivity index (χ2n) is 4.52. The number of nitrogens with zero attached hydrogens (tertiary/aromatic N) is 1. The molecule has 1 amide bonds. The zero-order valence-corrected chi connectivity index (χ0v) is 14.1. The van der Waals surface area contributed by atoms with Gasteiger partial charge < -0.3 is 14.4 Å². The summed E-state index contributed by atoms with van der Waals surface area (Å²) >= 11 is 3.38. The van der Waals surface area contributed by atoms with Crippen molar-refractivity contribution < 1.29 is 19.1 Å². The van der Waals surface area contributed by atoms with Crippen LogP contribution in [-0.4, -0.2) is 43.6 Å². The molecule has 0 saturated carbocycles. The van der Waals surface area contributed by atoms with Crippen molar-refractivity contribution in [2.45, 2.75) is 20.3 Å². The molecule has 1 aromatic carbocycles. The Hall–Kier alpha value is -1.56. The zero-order chi connectivity index (χ0) is 15.8. The third-order valence-electron chi connectivity index (χ3n) is 2.88. The highest BCUT2D eigenvalue weighted by Gasteiger charge is 2.11. The summed E-state index contributed by atoms with van der Waals surface area (Å²) in [6, 6.07) is 5.48. The van der Waals surface area contributed by atoms with Gasteiger partial charge in [0.25, 0.3) is 0 Å². The summed E-state index contributed by atoms with van der Waals surface area (Å²) in [6.45, 7) is 4.49. The molecular weight excluding hydrogens is 338 g/mol. The van der Waals surface area contributed by atoms with E-state index >= 15 is 0 Å². The SMILES string of the molecule is CCOC(=O)Cc1cc(Br)ccc1OCCN(C)C(C)=O. The maximum Gasteiger partial charge on any atom is 0.310 e. The number of carbonyl (C=O) groups excluding carboxylic acids is 2. The number of benzene rings is 1. The molecule has 1 aromatic rings. The minimum atomic E-state index is -0.290. The molecule has 0 saturated heterocycles. The van der Waals surface area contributed by atoms with Crippen LogP contribution in [0.25, 0.3) is 0 Å². The first-order valence-electron chi connectivity index (χ1n) is 6.72. The van der Waals surface area contributed by atoms with Gasteiger partial charge in [-0.2, -0.15) is 0 Å². The molecule has 116 valence electrons. The van der Waals surface area contributed by atoms with Crippen molar-refractivity contribution in [2.75, 3.05) is 26.8 Å². The molecule has 0 aromatic heterocycles. The summed E-state index contributed by atoms with van der Waals surface area (Å²) in [5.74, 6) is 0.325. The number of hydrogen-bond donors (Lipinski definition) is 0. The largest absolute Gasteiger partial charge is 0.491 e. The van der Waals surface area contributed by atoms with Crippen LogP contribution in [0.2, 0.25) is 0 Å². The Morgan fingerprint density at radius 2 is 2.05 bits per heavy atom. The van der Waals surface area contributed by atoms with Crippen LogP contribution in [-0.2, 0) is 20.7 Å². The molecule has 5 nitrogen and oxygen atoms in total. The average Bonchev–Trinajstić information content (AvgIpc) is 2.41. The van der Waals surface area contributed by atoms with Crippen LogP contribution in [0.1, 0.15) is 19.4 Å². The second kappa shape index (κ2) is 8.67. The Labute approximate surface area is 133 Å². The first-order valence-corrected chi connectivity index (χ1v) is 7.52. The van der Waals surface area contributed by atoms with Crippen LogP contribution >= 0.6 is 15.9 Å². The predicted octanol–water partition coefficient (Wildman–Crippen LogP) is 2.41. The molecule has 0 N–H and O–H groups in total. The molecule has 0 heterocycles. The molecule has 0 fully saturated rings. The fourth-order valence-electron chi connectivity index (χ4n) is 1.64. The zero-order valence-electron chi connectivity index (χ0n) is 12.5. The highest BCUT2D eigenvalue weighted by molar-refractivity contribution is 9.10. The molecule has 6 heteroatoms. The smallest absolute Gasteiger partial charge is 0.310 e. The van der Waals surface area contributed by atoms with Gasteiger partial charge >= 0.3 is 5.97 Å². The normalized spacial score (nSPS) is 10.1. The van der Waals surface area contributed by atoms with E-state index in [0.29, 0.717) is 25.5 Å². The third kappa shape index (κ3) is 6.16. The van der Waals surface area contributed by atoms with Crippen molar-refractivity contribution in [1.29, 1.82) is 0 Å². The van der Waals surface area contributed by atoms with Gasteiger partial charge in [-0.3, -0.25) is 9.59 Å². The van der Waals surface area contributed by atoms with Crippen LogP contribution in [0, 0.1) is 0 Å². The molecule has 0 spiro atoms. The molecule has 0 atom stereocenters. The van der Waals surface area contributed by atoms with Gasteiger partial charge in [0.2, 0.25) is 5.91 Å². The van der Waals surface area contributed by atoms with Crippen molar-refractivity contribution in [3.8, 4) is 5.75 Å². The Bertz CT molecular complexity index is 504. The molecule has 0 radical (unpaired) electrons. The van der Waals surface area contributed by atoms with Crippen LogP contribution in [0.15, 0.2) is 22.7 Å². The second-order valence-corrected chi connectivity index (χ2v) is 5.44. The Morgan fingerprint density at radius 3 is 2.67 bits per heavy atom. The van der Waals surface area contributed by atoms with E-state index in [4.69, 9.17) is 9.47 Å². The van der Waals surface area contributed by atoms with E-state index in [-0.39, 0.29) is 18.3 Å². The van der Waals surface area contributed by atoms with Crippen molar-refractivity contribution in [2.24, 2.45) is 0 Å². The number of hydrogen-bond acceptors (Lipinski definition) is 4. The first kappa shape index (κ1) is 17.5. The Morgan fingerprint density at radius 1 is 1.33 bits per heavy atom. The highest BCUT2D eigenvalue weighted by Crippen LogP contribution is 2.24. The van der Waals surface area contributed by atoms with Crippen LogP contribution in [0.4, 0.5) is 0 Å². The van der Waals surface area contributed by atoms with Gasteiger partial charge in [-0.25, -0.2) is 0 Å². The molecule has 0 unspecified atom stereocenters. The number of esters is 1. The van der Waals surface area contributed by atoms with E-state index in [1.807, 2.05) is 12.1 Å². The van der Waals surface area contributed by atoms with E-state index in [9.17, 15) is 9.59 Å². The van der Waals surface area contributed by atoms with E-state index in [2.05, 4.69) is 15.9 Å². The van der Waals surface area contributed by atoms with Gasteiger partial charge in [0, 0.05) is 24.0 Å². The van der Waals surface area contributed by atoms with Gasteiger partial charge in [0.05, 0.1) is 19.6 Å². The summed E-state index contributed by atoms with van der Waals surface area (Å²) < 4.78 is 11.5. The molecule has 21 heavy (non-hydrogen) atoms. The van der Waals surface area contributed by atoms with Crippen LogP contribution in [0.3, 0.4) is 0 Å². The number of ether oxygens (including phenoxy) is 2. The summed E-state index contributed by atoms with van der Waals surface area (Å²) in [4.78, 5) is 24.3. The predicted molar refractivity (Wildman–Crippen MR) is 83.3 cm³/mol. The van der Waals surface area contributed by atoms with Gasteiger partial charge in [-0.1, -0.05) is 15.9 Å². The van der Waals surface area contributed by atoms with Crippen molar-refractivity contribution >= 4 is 27.8 Å². The average molecular weight is 358 g/mol. The van der Waals surface area contributed by atoms with Gasteiger partial charge in [0.1, 0.15) is 12.4 Å². The summed E-state index contributed by atoms with van der Waals surface area (Å²) in [5.41, 5.74) is 0.758. The first-order chi connectivity index (χ1) is 9.93. The van der Waals surface area contributed by atoms with Gasteiger partial charge in [-0.15, -0.1) is 0 Å². The number of rotatable bonds is 7. The molecule has 0 bridgehead atoms. The summed E-state index contributed by atoms with van der Waals surface area (Å²) in [5, 5.41) is 0. The van der Waals surface area contributed by atoms with E-state index < -0.39 is 0 Å². The molecule has 0 aliphatic rings. The summed E-state index contributed by atoms with van der Waals surface area (Å²) in [6.07, 6.45) is 0.158. The lowest BCUT2D eigenvalue weighted by Crippen LogP contribution is -2.28. The summed E-state index contributed by atoms with van der Waals surface area (Å²) in [7, 11) is 1.72.